The number of aromatic amines is 1. The number of carbonyl (C=O) groups is 1. The first-order valence-electron chi connectivity index (χ1n) is 8.08. The van der Waals surface area contributed by atoms with Crippen molar-refractivity contribution >= 4 is 23.5 Å². The van der Waals surface area contributed by atoms with Crippen LogP contribution in [-0.4, -0.2) is 40.8 Å². The molecular formula is C17H21N3O5S. The molecule has 9 heteroatoms. The molecule has 0 saturated carbocycles. The number of nitrogens with one attached hydrogen (secondary N) is 2. The maximum absolute atomic E-state index is 12.7. The molecule has 8 nitrogen and oxygen atoms in total. The first-order chi connectivity index (χ1) is 12.4. The van der Waals surface area contributed by atoms with Gasteiger partial charge < -0.3 is 19.9 Å². The quantitative estimate of drug-likeness (QED) is 0.752. The summed E-state index contributed by atoms with van der Waals surface area (Å²) in [5.41, 5.74) is 0.898. The topological polar surface area (TPSA) is 106 Å². The summed E-state index contributed by atoms with van der Waals surface area (Å²) in [6, 6.07) is 3.28. The predicted octanol–water partition coefficient (Wildman–Crippen LogP) is 2.25. The number of benzene rings is 1. The minimum Gasteiger partial charge on any atom is -0.502 e. The number of phenolic OH excluding ortho intramolecular Hbond substituents is 1. The highest BCUT2D eigenvalue weighted by Crippen LogP contribution is 2.45. The monoisotopic (exact) mass is 379 g/mol. The van der Waals surface area contributed by atoms with Crippen molar-refractivity contribution in [3.05, 3.63) is 33.6 Å². The van der Waals surface area contributed by atoms with Crippen molar-refractivity contribution in [3.63, 3.8) is 0 Å². The van der Waals surface area contributed by atoms with E-state index in [0.717, 1.165) is 0 Å². The Morgan fingerprint density at radius 2 is 1.85 bits per heavy atom. The number of thioether (sulfide) groups is 1. The summed E-state index contributed by atoms with van der Waals surface area (Å²) in [5, 5.41) is 15.3. The number of aromatic nitrogens is 2. The number of anilines is 1. The number of phenols is 1. The minimum absolute atomic E-state index is 0.0283. The van der Waals surface area contributed by atoms with Crippen molar-refractivity contribution < 1.29 is 19.4 Å². The van der Waals surface area contributed by atoms with Crippen molar-refractivity contribution in [2.24, 2.45) is 0 Å². The zero-order valence-corrected chi connectivity index (χ0v) is 15.8. The van der Waals surface area contributed by atoms with E-state index in [2.05, 4.69) is 10.4 Å². The van der Waals surface area contributed by atoms with Gasteiger partial charge in [0.2, 0.25) is 11.7 Å². The van der Waals surface area contributed by atoms with Crippen LogP contribution in [0.3, 0.4) is 0 Å². The standard InChI is InChI=1S/C17H21N3O5S/c1-8(2)20-16-13(17(23)19-20)15(26-7-12(21)18-16)9-5-10(24-3)14(22)11(6-9)25-4/h5-6,8,15,22H,7H2,1-4H3,(H,18,21)(H,19,23)/t15-/m0/s1. The highest BCUT2D eigenvalue weighted by Gasteiger charge is 2.32. The van der Waals surface area contributed by atoms with Gasteiger partial charge in [-0.3, -0.25) is 19.4 Å². The van der Waals surface area contributed by atoms with E-state index >= 15 is 0 Å². The van der Waals surface area contributed by atoms with E-state index < -0.39 is 5.25 Å². The van der Waals surface area contributed by atoms with Crippen LogP contribution < -0.4 is 20.3 Å². The van der Waals surface area contributed by atoms with Gasteiger partial charge in [-0.1, -0.05) is 0 Å². The van der Waals surface area contributed by atoms with E-state index in [4.69, 9.17) is 9.47 Å². The van der Waals surface area contributed by atoms with Gasteiger partial charge >= 0.3 is 0 Å². The molecule has 3 N–H and O–H groups in total. The van der Waals surface area contributed by atoms with Gasteiger partial charge in [-0.15, -0.1) is 11.8 Å². The van der Waals surface area contributed by atoms with Gasteiger partial charge in [0, 0.05) is 6.04 Å². The Balaban J connectivity index is 2.22. The highest BCUT2D eigenvalue weighted by molar-refractivity contribution is 8.00. The third-order valence-electron chi connectivity index (χ3n) is 4.19. The zero-order valence-electron chi connectivity index (χ0n) is 15.0. The molecule has 1 aromatic carbocycles. The molecule has 0 fully saturated rings. The van der Waals surface area contributed by atoms with Crippen molar-refractivity contribution in [1.82, 2.24) is 9.78 Å². The van der Waals surface area contributed by atoms with Crippen LogP contribution in [0.5, 0.6) is 17.2 Å². The summed E-state index contributed by atoms with van der Waals surface area (Å²) in [6.07, 6.45) is 0. The Hall–Kier alpha value is -2.55. The molecule has 0 spiro atoms. The number of amides is 1. The fraction of sp³-hybridized carbons (Fsp3) is 0.412. The molecule has 0 bridgehead atoms. The fourth-order valence-corrected chi connectivity index (χ4v) is 4.06. The third kappa shape index (κ3) is 3.03. The van der Waals surface area contributed by atoms with E-state index in [0.29, 0.717) is 16.9 Å². The summed E-state index contributed by atoms with van der Waals surface area (Å²) < 4.78 is 12.1. The van der Waals surface area contributed by atoms with Crippen molar-refractivity contribution in [1.29, 1.82) is 0 Å². The number of methoxy groups -OCH3 is 2. The van der Waals surface area contributed by atoms with Crippen LogP contribution >= 0.6 is 11.8 Å². The highest BCUT2D eigenvalue weighted by atomic mass is 32.2. The van der Waals surface area contributed by atoms with Crippen LogP contribution in [0.25, 0.3) is 0 Å². The molecule has 140 valence electrons. The third-order valence-corrected chi connectivity index (χ3v) is 5.46. The molecular weight excluding hydrogens is 358 g/mol. The molecule has 3 rings (SSSR count). The molecule has 26 heavy (non-hydrogen) atoms. The van der Waals surface area contributed by atoms with Gasteiger partial charge in [0.05, 0.1) is 30.8 Å². The molecule has 0 unspecified atom stereocenters. The average Bonchev–Trinajstić information content (AvgIpc) is 2.82. The number of hydrogen-bond donors (Lipinski definition) is 3. The van der Waals surface area contributed by atoms with Crippen LogP contribution in [-0.2, 0) is 4.79 Å². The number of hydrogen-bond acceptors (Lipinski definition) is 6. The second kappa shape index (κ2) is 6.99. The molecule has 1 aliphatic rings. The SMILES string of the molecule is COc1cc([C@@H]2SCC(=O)Nc3c2c(=O)[nH]n3C(C)C)cc(OC)c1O. The first-order valence-corrected chi connectivity index (χ1v) is 9.13. The number of ether oxygens (including phenoxy) is 2. The molecule has 1 aromatic heterocycles. The Bertz CT molecular complexity index is 877. The summed E-state index contributed by atoms with van der Waals surface area (Å²) in [6.45, 7) is 3.84. The second-order valence-electron chi connectivity index (χ2n) is 6.18. The normalized spacial score (nSPS) is 16.8. The Morgan fingerprint density at radius 3 is 2.38 bits per heavy atom. The van der Waals surface area contributed by atoms with Crippen LogP contribution in [0.4, 0.5) is 5.82 Å². The molecule has 1 aliphatic heterocycles. The van der Waals surface area contributed by atoms with Gasteiger partial charge in [-0.25, -0.2) is 0 Å². The van der Waals surface area contributed by atoms with Crippen LogP contribution in [0.15, 0.2) is 16.9 Å². The van der Waals surface area contributed by atoms with E-state index in [1.54, 1.807) is 16.8 Å². The molecule has 1 amide bonds. The largest absolute Gasteiger partial charge is 0.502 e. The molecule has 1 atom stereocenters. The van der Waals surface area contributed by atoms with Gasteiger partial charge in [0.25, 0.3) is 5.56 Å². The molecule has 0 radical (unpaired) electrons. The minimum atomic E-state index is -0.420. The molecule has 2 heterocycles. The van der Waals surface area contributed by atoms with Crippen molar-refractivity contribution in [2.75, 3.05) is 25.3 Å². The van der Waals surface area contributed by atoms with E-state index in [1.165, 1.54) is 26.0 Å². The van der Waals surface area contributed by atoms with Gasteiger partial charge in [-0.2, -0.15) is 0 Å². The summed E-state index contributed by atoms with van der Waals surface area (Å²) in [5.74, 6) is 0.860. The van der Waals surface area contributed by atoms with Crippen molar-refractivity contribution in [2.45, 2.75) is 25.1 Å². The summed E-state index contributed by atoms with van der Waals surface area (Å²) in [7, 11) is 2.88. The first kappa shape index (κ1) is 18.2. The number of H-pyrrole nitrogens is 1. The second-order valence-corrected chi connectivity index (χ2v) is 7.27. The Kier molecular flexibility index (Phi) is 4.90. The Morgan fingerprint density at radius 1 is 1.23 bits per heavy atom. The van der Waals surface area contributed by atoms with Gasteiger partial charge in [0.15, 0.2) is 11.5 Å². The fourth-order valence-electron chi connectivity index (χ4n) is 2.96. The smallest absolute Gasteiger partial charge is 0.270 e. The Labute approximate surface area is 154 Å². The van der Waals surface area contributed by atoms with E-state index in [9.17, 15) is 14.7 Å². The summed E-state index contributed by atoms with van der Waals surface area (Å²) in [4.78, 5) is 24.8. The lowest BCUT2D eigenvalue weighted by atomic mass is 10.0. The predicted molar refractivity (Wildman–Crippen MR) is 99.6 cm³/mol. The lowest BCUT2D eigenvalue weighted by Crippen LogP contribution is -2.17. The van der Waals surface area contributed by atoms with Gasteiger partial charge in [-0.05, 0) is 31.5 Å². The van der Waals surface area contributed by atoms with Crippen molar-refractivity contribution in [3.8, 4) is 17.2 Å². The zero-order chi connectivity index (χ0) is 19.0. The van der Waals surface area contributed by atoms with Crippen LogP contribution in [0, 0.1) is 0 Å². The van der Waals surface area contributed by atoms with E-state index in [-0.39, 0.29) is 40.5 Å². The number of carbonyl (C=O) groups excluding carboxylic acids is 1. The van der Waals surface area contributed by atoms with Gasteiger partial charge in [0.1, 0.15) is 5.82 Å². The number of fused-ring (bicyclic) bond motifs is 1. The lowest BCUT2D eigenvalue weighted by Gasteiger charge is -2.17. The molecule has 0 saturated heterocycles. The number of rotatable bonds is 4. The molecule has 2 aromatic rings. The maximum Gasteiger partial charge on any atom is 0.270 e. The van der Waals surface area contributed by atoms with Crippen LogP contribution in [0.2, 0.25) is 0 Å². The molecule has 0 aliphatic carbocycles. The number of nitrogens with zero attached hydrogens (tertiary/aromatic N) is 1. The lowest BCUT2D eigenvalue weighted by molar-refractivity contribution is -0.113. The summed E-state index contributed by atoms with van der Waals surface area (Å²) >= 11 is 1.33. The van der Waals surface area contributed by atoms with Crippen LogP contribution in [0.1, 0.15) is 36.3 Å². The maximum atomic E-state index is 12.7. The average molecular weight is 379 g/mol. The number of aromatic hydroxyl groups is 1. The van der Waals surface area contributed by atoms with E-state index in [1.807, 2.05) is 13.8 Å².